The lowest BCUT2D eigenvalue weighted by molar-refractivity contribution is -0.119. The average molecular weight is 305 g/mol. The van der Waals surface area contributed by atoms with E-state index in [1.165, 1.54) is 0 Å². The van der Waals surface area contributed by atoms with Crippen LogP contribution in [-0.2, 0) is 14.3 Å². The number of anilines is 2. The van der Waals surface area contributed by atoms with Crippen LogP contribution in [0.3, 0.4) is 0 Å². The molecular weight excluding hydrogens is 282 g/mol. The SMILES string of the molecule is CC(C)C(=O)Nc1ccc(NC(=O)CC2COCCN2)cc1. The molecule has 22 heavy (non-hydrogen) atoms. The van der Waals surface area contributed by atoms with Crippen LogP contribution < -0.4 is 16.0 Å². The number of benzene rings is 1. The van der Waals surface area contributed by atoms with E-state index in [4.69, 9.17) is 4.74 Å². The Morgan fingerprint density at radius 1 is 1.23 bits per heavy atom. The molecule has 0 aliphatic carbocycles. The lowest BCUT2D eigenvalue weighted by atomic mass is 10.2. The van der Waals surface area contributed by atoms with Crippen molar-refractivity contribution in [2.24, 2.45) is 5.92 Å². The van der Waals surface area contributed by atoms with Crippen LogP contribution in [0.15, 0.2) is 24.3 Å². The normalized spacial score (nSPS) is 18.0. The number of rotatable bonds is 5. The zero-order chi connectivity index (χ0) is 15.9. The van der Waals surface area contributed by atoms with Crippen molar-refractivity contribution in [2.75, 3.05) is 30.4 Å². The molecule has 0 aromatic heterocycles. The van der Waals surface area contributed by atoms with E-state index in [1.807, 2.05) is 13.8 Å². The van der Waals surface area contributed by atoms with Crippen LogP contribution >= 0.6 is 0 Å². The molecule has 3 N–H and O–H groups in total. The van der Waals surface area contributed by atoms with E-state index in [9.17, 15) is 9.59 Å². The first-order valence-electron chi connectivity index (χ1n) is 7.56. The van der Waals surface area contributed by atoms with E-state index >= 15 is 0 Å². The predicted molar refractivity (Wildman–Crippen MR) is 85.8 cm³/mol. The molecule has 0 saturated carbocycles. The molecule has 1 saturated heterocycles. The maximum Gasteiger partial charge on any atom is 0.226 e. The highest BCUT2D eigenvalue weighted by Crippen LogP contribution is 2.15. The lowest BCUT2D eigenvalue weighted by Crippen LogP contribution is -2.43. The number of hydrogen-bond acceptors (Lipinski definition) is 4. The van der Waals surface area contributed by atoms with E-state index in [0.29, 0.717) is 25.3 Å². The molecule has 6 heteroatoms. The second-order valence-corrected chi connectivity index (χ2v) is 5.70. The molecule has 2 rings (SSSR count). The minimum Gasteiger partial charge on any atom is -0.378 e. The molecule has 0 bridgehead atoms. The summed E-state index contributed by atoms with van der Waals surface area (Å²) in [5, 5.41) is 8.90. The summed E-state index contributed by atoms with van der Waals surface area (Å²) >= 11 is 0. The van der Waals surface area contributed by atoms with Crippen LogP contribution in [0.2, 0.25) is 0 Å². The maximum absolute atomic E-state index is 12.0. The average Bonchev–Trinajstić information content (AvgIpc) is 2.50. The van der Waals surface area contributed by atoms with Crippen molar-refractivity contribution < 1.29 is 14.3 Å². The standard InChI is InChI=1S/C16H23N3O3/c1-11(2)16(21)19-13-5-3-12(4-6-13)18-15(20)9-14-10-22-8-7-17-14/h3-6,11,14,17H,7-10H2,1-2H3,(H,18,20)(H,19,21). The van der Waals surface area contributed by atoms with Gasteiger partial charge in [0.15, 0.2) is 0 Å². The van der Waals surface area contributed by atoms with E-state index in [0.717, 1.165) is 12.2 Å². The summed E-state index contributed by atoms with van der Waals surface area (Å²) in [4.78, 5) is 23.6. The summed E-state index contributed by atoms with van der Waals surface area (Å²) < 4.78 is 5.32. The van der Waals surface area contributed by atoms with E-state index in [2.05, 4.69) is 16.0 Å². The summed E-state index contributed by atoms with van der Waals surface area (Å²) in [6.07, 6.45) is 0.381. The monoisotopic (exact) mass is 305 g/mol. The van der Waals surface area contributed by atoms with Crippen LogP contribution in [0.5, 0.6) is 0 Å². The van der Waals surface area contributed by atoms with Gasteiger partial charge in [-0.2, -0.15) is 0 Å². The highest BCUT2D eigenvalue weighted by molar-refractivity contribution is 5.93. The molecule has 1 atom stereocenters. The first-order valence-corrected chi connectivity index (χ1v) is 7.56. The summed E-state index contributed by atoms with van der Waals surface area (Å²) in [7, 11) is 0. The summed E-state index contributed by atoms with van der Waals surface area (Å²) in [6.45, 7) is 5.72. The van der Waals surface area contributed by atoms with E-state index in [-0.39, 0.29) is 23.8 Å². The van der Waals surface area contributed by atoms with Gasteiger partial charge in [-0.1, -0.05) is 13.8 Å². The van der Waals surface area contributed by atoms with Gasteiger partial charge in [0.2, 0.25) is 11.8 Å². The van der Waals surface area contributed by atoms with Gasteiger partial charge < -0.3 is 20.7 Å². The number of hydrogen-bond donors (Lipinski definition) is 3. The fourth-order valence-corrected chi connectivity index (χ4v) is 2.11. The van der Waals surface area contributed by atoms with Crippen molar-refractivity contribution in [3.05, 3.63) is 24.3 Å². The van der Waals surface area contributed by atoms with Crippen molar-refractivity contribution in [1.29, 1.82) is 0 Å². The summed E-state index contributed by atoms with van der Waals surface area (Å²) in [5.74, 6) is -0.147. The fraction of sp³-hybridized carbons (Fsp3) is 0.500. The zero-order valence-electron chi connectivity index (χ0n) is 13.0. The third-order valence-electron chi connectivity index (χ3n) is 3.39. The molecule has 120 valence electrons. The van der Waals surface area contributed by atoms with Gasteiger partial charge in [-0.05, 0) is 24.3 Å². The van der Waals surface area contributed by atoms with Crippen LogP contribution in [0.4, 0.5) is 11.4 Å². The maximum atomic E-state index is 12.0. The Kier molecular flexibility index (Phi) is 5.91. The smallest absolute Gasteiger partial charge is 0.226 e. The molecule has 1 aromatic carbocycles. The molecule has 1 aliphatic heterocycles. The molecule has 1 heterocycles. The Hall–Kier alpha value is -1.92. The summed E-state index contributed by atoms with van der Waals surface area (Å²) in [6, 6.07) is 7.17. The highest BCUT2D eigenvalue weighted by atomic mass is 16.5. The van der Waals surface area contributed by atoms with Crippen molar-refractivity contribution >= 4 is 23.2 Å². The Balaban J connectivity index is 1.82. The summed E-state index contributed by atoms with van der Waals surface area (Å²) in [5.41, 5.74) is 1.43. The largest absolute Gasteiger partial charge is 0.378 e. The number of ether oxygens (including phenoxy) is 1. The number of carbonyl (C=O) groups is 2. The zero-order valence-corrected chi connectivity index (χ0v) is 13.0. The number of nitrogens with one attached hydrogen (secondary N) is 3. The molecule has 6 nitrogen and oxygen atoms in total. The minimum absolute atomic E-state index is 0.0276. The van der Waals surface area contributed by atoms with Gasteiger partial charge in [0, 0.05) is 36.3 Å². The molecule has 0 radical (unpaired) electrons. The topological polar surface area (TPSA) is 79.5 Å². The van der Waals surface area contributed by atoms with Crippen LogP contribution in [-0.4, -0.2) is 37.6 Å². The number of morpholine rings is 1. The van der Waals surface area contributed by atoms with E-state index in [1.54, 1.807) is 24.3 Å². The van der Waals surface area contributed by atoms with Gasteiger partial charge in [-0.25, -0.2) is 0 Å². The molecule has 0 spiro atoms. The molecule has 1 fully saturated rings. The minimum atomic E-state index is -0.0652. The Morgan fingerprint density at radius 2 is 1.86 bits per heavy atom. The Morgan fingerprint density at radius 3 is 2.41 bits per heavy atom. The quantitative estimate of drug-likeness (QED) is 0.772. The molecule has 1 unspecified atom stereocenters. The van der Waals surface area contributed by atoms with Gasteiger partial charge >= 0.3 is 0 Å². The van der Waals surface area contributed by atoms with E-state index < -0.39 is 0 Å². The van der Waals surface area contributed by atoms with Gasteiger partial charge in [0.25, 0.3) is 0 Å². The Bertz CT molecular complexity index is 508. The van der Waals surface area contributed by atoms with Crippen LogP contribution in [0, 0.1) is 5.92 Å². The predicted octanol–water partition coefficient (Wildman–Crippen LogP) is 1.60. The van der Waals surface area contributed by atoms with Crippen LogP contribution in [0.25, 0.3) is 0 Å². The van der Waals surface area contributed by atoms with Gasteiger partial charge in [0.05, 0.1) is 13.2 Å². The van der Waals surface area contributed by atoms with Gasteiger partial charge in [0.1, 0.15) is 0 Å². The van der Waals surface area contributed by atoms with Crippen molar-refractivity contribution in [3.63, 3.8) is 0 Å². The Labute approximate surface area is 130 Å². The number of amides is 2. The first-order chi connectivity index (χ1) is 10.5. The lowest BCUT2D eigenvalue weighted by Gasteiger charge is -2.23. The first kappa shape index (κ1) is 16.5. The highest BCUT2D eigenvalue weighted by Gasteiger charge is 2.16. The molecular formula is C16H23N3O3. The molecule has 2 amide bonds. The second-order valence-electron chi connectivity index (χ2n) is 5.70. The third-order valence-corrected chi connectivity index (χ3v) is 3.39. The fourth-order valence-electron chi connectivity index (χ4n) is 2.11. The second kappa shape index (κ2) is 7.91. The molecule has 1 aromatic rings. The van der Waals surface area contributed by atoms with Crippen LogP contribution in [0.1, 0.15) is 20.3 Å². The third kappa shape index (κ3) is 5.13. The van der Waals surface area contributed by atoms with Gasteiger partial charge in [-0.3, -0.25) is 9.59 Å². The molecule has 1 aliphatic rings. The van der Waals surface area contributed by atoms with Crippen molar-refractivity contribution in [3.8, 4) is 0 Å². The van der Waals surface area contributed by atoms with Gasteiger partial charge in [-0.15, -0.1) is 0 Å². The van der Waals surface area contributed by atoms with Crippen molar-refractivity contribution in [1.82, 2.24) is 5.32 Å². The van der Waals surface area contributed by atoms with Crippen molar-refractivity contribution in [2.45, 2.75) is 26.3 Å². The number of carbonyl (C=O) groups excluding carboxylic acids is 2.